The van der Waals surface area contributed by atoms with E-state index in [2.05, 4.69) is 20.2 Å². The lowest BCUT2D eigenvalue weighted by Gasteiger charge is -2.29. The van der Waals surface area contributed by atoms with Crippen LogP contribution in [0.3, 0.4) is 0 Å². The number of H-pyrrole nitrogens is 1. The van der Waals surface area contributed by atoms with Gasteiger partial charge in [0.25, 0.3) is 5.56 Å². The molecule has 1 amide bonds. The number of nitrogens with zero attached hydrogens (tertiary/aromatic N) is 2. The molecule has 1 aliphatic heterocycles. The second-order valence-electron chi connectivity index (χ2n) is 8.43. The number of aromatic amines is 1. The Morgan fingerprint density at radius 2 is 1.76 bits per heavy atom. The molecule has 1 aromatic carbocycles. The molecule has 0 bridgehead atoms. The van der Waals surface area contributed by atoms with Gasteiger partial charge in [0.15, 0.2) is 0 Å². The number of nitrogens with one attached hydrogen (secondary N) is 3. The number of hydrogen-bond donors (Lipinski definition) is 3. The largest absolute Gasteiger partial charge is 0.444 e. The molecule has 1 atom stereocenters. The van der Waals surface area contributed by atoms with Crippen LogP contribution < -0.4 is 20.5 Å². The van der Waals surface area contributed by atoms with Crippen molar-refractivity contribution in [1.29, 1.82) is 0 Å². The van der Waals surface area contributed by atoms with Gasteiger partial charge in [-0.05, 0) is 49.9 Å². The van der Waals surface area contributed by atoms with E-state index in [-0.39, 0.29) is 28.1 Å². The third kappa shape index (κ3) is 6.01. The molecule has 1 saturated carbocycles. The molecule has 0 unspecified atom stereocenters. The van der Waals surface area contributed by atoms with Crippen molar-refractivity contribution in [3.63, 3.8) is 0 Å². The van der Waals surface area contributed by atoms with Crippen molar-refractivity contribution < 1.29 is 17.9 Å². The molecule has 34 heavy (non-hydrogen) atoms. The average Bonchev–Trinajstić information content (AvgIpc) is 3.25. The predicted octanol–water partition coefficient (Wildman–Crippen LogP) is 2.67. The number of carbonyl (C=O) groups excluding carboxylic acids is 1. The normalized spacial score (nSPS) is 23.0. The van der Waals surface area contributed by atoms with Crippen LogP contribution in [0.5, 0.6) is 0 Å². The maximum Gasteiger partial charge on any atom is 0.407 e. The Balaban J connectivity index is 1.22. The fraction of sp³-hybridized carbons (Fsp3) is 0.476. The lowest BCUT2D eigenvalue weighted by Crippen LogP contribution is -2.44. The number of rotatable bonds is 6. The molecule has 2 fully saturated rings. The van der Waals surface area contributed by atoms with Crippen LogP contribution in [0, 0.1) is 0 Å². The number of amides is 1. The minimum absolute atomic E-state index is 0.0588. The third-order valence-electron chi connectivity index (χ3n) is 6.03. The van der Waals surface area contributed by atoms with Crippen molar-refractivity contribution in [2.75, 3.05) is 18.0 Å². The van der Waals surface area contributed by atoms with Crippen LogP contribution in [0.25, 0.3) is 0 Å². The van der Waals surface area contributed by atoms with E-state index in [0.717, 1.165) is 0 Å². The van der Waals surface area contributed by atoms with Crippen LogP contribution >= 0.6 is 23.2 Å². The SMILES string of the molecule is O=C(NC1CCC(NS(=O)(=O)c2ccc(Cl)cc2)CC1)O[C@@H]1CCN(c2cn[nH]c(=O)c2Cl)C1. The molecular weight excluding hydrogens is 505 g/mol. The summed E-state index contributed by atoms with van der Waals surface area (Å²) in [5.41, 5.74) is 0.0450. The molecule has 1 aromatic heterocycles. The molecule has 10 nitrogen and oxygen atoms in total. The first-order valence-electron chi connectivity index (χ1n) is 10.9. The van der Waals surface area contributed by atoms with Gasteiger partial charge in [-0.2, -0.15) is 5.10 Å². The van der Waals surface area contributed by atoms with Gasteiger partial charge >= 0.3 is 6.09 Å². The first kappa shape index (κ1) is 24.8. The van der Waals surface area contributed by atoms with E-state index < -0.39 is 21.7 Å². The Morgan fingerprint density at radius 3 is 2.47 bits per heavy atom. The van der Waals surface area contributed by atoms with Crippen molar-refractivity contribution >= 4 is 45.0 Å². The van der Waals surface area contributed by atoms with Gasteiger partial charge in [-0.1, -0.05) is 23.2 Å². The average molecular weight is 530 g/mol. The van der Waals surface area contributed by atoms with Gasteiger partial charge in [0.2, 0.25) is 10.0 Å². The topological polar surface area (TPSA) is 133 Å². The number of hydrogen-bond acceptors (Lipinski definition) is 7. The van der Waals surface area contributed by atoms with Crippen molar-refractivity contribution in [3.05, 3.63) is 50.9 Å². The van der Waals surface area contributed by atoms with Gasteiger partial charge in [0.05, 0.1) is 23.3 Å². The molecule has 2 heterocycles. The zero-order chi connectivity index (χ0) is 24.3. The monoisotopic (exact) mass is 529 g/mol. The van der Waals surface area contributed by atoms with E-state index in [1.807, 2.05) is 4.90 Å². The lowest BCUT2D eigenvalue weighted by molar-refractivity contribution is 0.102. The molecule has 1 saturated heterocycles. The zero-order valence-electron chi connectivity index (χ0n) is 18.2. The fourth-order valence-electron chi connectivity index (χ4n) is 4.25. The number of carbonyl (C=O) groups is 1. The molecule has 2 aromatic rings. The Hall–Kier alpha value is -2.34. The van der Waals surface area contributed by atoms with Gasteiger partial charge in [-0.25, -0.2) is 23.0 Å². The maximum atomic E-state index is 12.6. The van der Waals surface area contributed by atoms with E-state index in [9.17, 15) is 18.0 Å². The highest BCUT2D eigenvalue weighted by molar-refractivity contribution is 7.89. The fourth-order valence-corrected chi connectivity index (χ4v) is 5.89. The molecule has 184 valence electrons. The summed E-state index contributed by atoms with van der Waals surface area (Å²) >= 11 is 11.9. The molecule has 0 spiro atoms. The van der Waals surface area contributed by atoms with Crippen LogP contribution in [-0.2, 0) is 14.8 Å². The number of aromatic nitrogens is 2. The zero-order valence-corrected chi connectivity index (χ0v) is 20.5. The van der Waals surface area contributed by atoms with E-state index in [1.165, 1.54) is 30.5 Å². The number of benzene rings is 1. The number of halogens is 2. The summed E-state index contributed by atoms with van der Waals surface area (Å²) in [4.78, 5) is 26.1. The van der Waals surface area contributed by atoms with Gasteiger partial charge in [-0.15, -0.1) is 0 Å². The molecule has 4 rings (SSSR count). The maximum absolute atomic E-state index is 12.6. The number of anilines is 1. The first-order chi connectivity index (χ1) is 16.2. The summed E-state index contributed by atoms with van der Waals surface area (Å²) in [6.07, 6.45) is 3.71. The van der Waals surface area contributed by atoms with Gasteiger partial charge < -0.3 is 15.0 Å². The lowest BCUT2D eigenvalue weighted by atomic mass is 9.92. The van der Waals surface area contributed by atoms with Crippen LogP contribution in [0.2, 0.25) is 10.0 Å². The van der Waals surface area contributed by atoms with Gasteiger partial charge in [0.1, 0.15) is 11.1 Å². The van der Waals surface area contributed by atoms with Crippen molar-refractivity contribution in [3.8, 4) is 0 Å². The summed E-state index contributed by atoms with van der Waals surface area (Å²) in [5, 5.41) is 9.45. The number of alkyl carbamates (subject to hydrolysis) is 1. The molecule has 3 N–H and O–H groups in total. The van der Waals surface area contributed by atoms with E-state index in [1.54, 1.807) is 0 Å². The van der Waals surface area contributed by atoms with Crippen molar-refractivity contribution in [2.24, 2.45) is 0 Å². The van der Waals surface area contributed by atoms with E-state index in [4.69, 9.17) is 27.9 Å². The summed E-state index contributed by atoms with van der Waals surface area (Å²) in [6, 6.07) is 5.73. The second kappa shape index (κ2) is 10.5. The highest BCUT2D eigenvalue weighted by atomic mass is 35.5. The van der Waals surface area contributed by atoms with Crippen LogP contribution in [0.1, 0.15) is 32.1 Å². The number of sulfonamides is 1. The Bertz CT molecular complexity index is 1180. The number of ether oxygens (including phenoxy) is 1. The quantitative estimate of drug-likeness (QED) is 0.523. The Kier molecular flexibility index (Phi) is 7.66. The molecule has 2 aliphatic rings. The second-order valence-corrected chi connectivity index (χ2v) is 11.0. The van der Waals surface area contributed by atoms with Crippen molar-refractivity contribution in [2.45, 2.75) is 55.2 Å². The standard InChI is InChI=1S/C21H25Cl2N5O5S/c22-13-1-7-17(8-2-13)34(31,32)27-15-5-3-14(4-6-15)25-21(30)33-16-9-10-28(12-16)18-11-24-26-20(29)19(18)23/h1-2,7-8,11,14-16,27H,3-6,9-10,12H2,(H,25,30)(H,26,29)/t14?,15?,16-/m1/s1. The van der Waals surface area contributed by atoms with Gasteiger partial charge in [0, 0.05) is 30.1 Å². The van der Waals surface area contributed by atoms with E-state index >= 15 is 0 Å². The van der Waals surface area contributed by atoms with Crippen LogP contribution in [0.15, 0.2) is 40.2 Å². The highest BCUT2D eigenvalue weighted by Crippen LogP contribution is 2.26. The summed E-state index contributed by atoms with van der Waals surface area (Å²) in [5.74, 6) is 0. The molecule has 1 aliphatic carbocycles. The third-order valence-corrected chi connectivity index (χ3v) is 8.19. The summed E-state index contributed by atoms with van der Waals surface area (Å²) in [7, 11) is -3.63. The van der Waals surface area contributed by atoms with E-state index in [0.29, 0.717) is 55.9 Å². The van der Waals surface area contributed by atoms with Crippen LogP contribution in [-0.4, -0.2) is 56.0 Å². The minimum Gasteiger partial charge on any atom is -0.444 e. The minimum atomic E-state index is -3.63. The summed E-state index contributed by atoms with van der Waals surface area (Å²) < 4.78 is 33.4. The Labute approximate surface area is 207 Å². The first-order valence-corrected chi connectivity index (χ1v) is 13.2. The van der Waals surface area contributed by atoms with Crippen molar-refractivity contribution in [1.82, 2.24) is 20.2 Å². The molecule has 0 radical (unpaired) electrons. The molecule has 13 heteroatoms. The Morgan fingerprint density at radius 1 is 1.09 bits per heavy atom. The smallest absolute Gasteiger partial charge is 0.407 e. The highest BCUT2D eigenvalue weighted by Gasteiger charge is 2.30. The summed E-state index contributed by atoms with van der Waals surface area (Å²) in [6.45, 7) is 0.999. The van der Waals surface area contributed by atoms with Crippen LogP contribution in [0.4, 0.5) is 10.5 Å². The molecular formula is C21H25Cl2N5O5S. The van der Waals surface area contributed by atoms with Gasteiger partial charge in [-0.3, -0.25) is 4.79 Å². The predicted molar refractivity (Wildman–Crippen MR) is 128 cm³/mol.